The summed E-state index contributed by atoms with van der Waals surface area (Å²) in [4.78, 5) is 30.4. The third-order valence-electron chi connectivity index (χ3n) is 6.68. The van der Waals surface area contributed by atoms with Crippen LogP contribution >= 0.6 is 0 Å². The summed E-state index contributed by atoms with van der Waals surface area (Å²) in [7, 11) is 0. The molecule has 0 radical (unpaired) electrons. The molecule has 2 aromatic carbocycles. The van der Waals surface area contributed by atoms with Gasteiger partial charge in [0.25, 0.3) is 5.91 Å². The first-order valence-electron chi connectivity index (χ1n) is 11.8. The highest BCUT2D eigenvalue weighted by atomic mass is 19.1. The molecular weight excluding hydrogens is 431 g/mol. The van der Waals surface area contributed by atoms with Crippen LogP contribution in [-0.4, -0.2) is 54.4 Å². The quantitative estimate of drug-likeness (QED) is 0.475. The molecule has 6 nitrogen and oxygen atoms in total. The fourth-order valence-electron chi connectivity index (χ4n) is 4.91. The zero-order valence-electron chi connectivity index (χ0n) is 19.4. The van der Waals surface area contributed by atoms with E-state index in [1.165, 1.54) is 12.1 Å². The highest BCUT2D eigenvalue weighted by Gasteiger charge is 2.28. The minimum absolute atomic E-state index is 0.000135. The van der Waals surface area contributed by atoms with E-state index in [-0.39, 0.29) is 23.7 Å². The molecule has 2 N–H and O–H groups in total. The summed E-state index contributed by atoms with van der Waals surface area (Å²) in [6, 6.07) is 16.2. The first kappa shape index (κ1) is 23.8. The van der Waals surface area contributed by atoms with Crippen LogP contribution in [0.1, 0.15) is 41.6 Å². The van der Waals surface area contributed by atoms with Gasteiger partial charge in [0.2, 0.25) is 6.41 Å². The molecule has 4 rings (SSSR count). The molecule has 1 aliphatic rings. The molecule has 7 heteroatoms. The Kier molecular flexibility index (Phi) is 7.85. The molecule has 0 aliphatic carbocycles. The van der Waals surface area contributed by atoms with Gasteiger partial charge in [-0.15, -0.1) is 0 Å². The van der Waals surface area contributed by atoms with Gasteiger partial charge < -0.3 is 15.5 Å². The Hall–Kier alpha value is -3.32. The van der Waals surface area contributed by atoms with Crippen LogP contribution in [0.4, 0.5) is 4.39 Å². The molecule has 3 aromatic rings. The SMILES string of the molecule is C[C@@H](CN1CCC(C(CNC=O)c2ccc(F)cc2)CC1)NC(=O)c1cnc2ccccc2c1. The van der Waals surface area contributed by atoms with Crippen LogP contribution in [0.15, 0.2) is 60.8 Å². The van der Waals surface area contributed by atoms with Crippen LogP contribution in [0, 0.1) is 11.7 Å². The minimum atomic E-state index is -0.254. The summed E-state index contributed by atoms with van der Waals surface area (Å²) in [6.45, 7) is 5.18. The monoisotopic (exact) mass is 462 g/mol. The van der Waals surface area contributed by atoms with E-state index in [0.29, 0.717) is 18.0 Å². The Morgan fingerprint density at radius 1 is 1.18 bits per heavy atom. The lowest BCUT2D eigenvalue weighted by molar-refractivity contribution is -0.109. The van der Waals surface area contributed by atoms with Crippen LogP contribution in [0.5, 0.6) is 0 Å². The molecule has 1 fully saturated rings. The number of para-hydroxylation sites is 1. The summed E-state index contributed by atoms with van der Waals surface area (Å²) >= 11 is 0. The molecular formula is C27H31FN4O2. The fraction of sp³-hybridized carbons (Fsp3) is 0.370. The van der Waals surface area contributed by atoms with Crippen molar-refractivity contribution in [2.75, 3.05) is 26.2 Å². The summed E-state index contributed by atoms with van der Waals surface area (Å²) in [6.07, 6.45) is 4.32. The van der Waals surface area contributed by atoms with Gasteiger partial charge in [0.05, 0.1) is 11.1 Å². The third kappa shape index (κ3) is 5.97. The lowest BCUT2D eigenvalue weighted by Gasteiger charge is -2.37. The first-order valence-corrected chi connectivity index (χ1v) is 11.8. The van der Waals surface area contributed by atoms with E-state index < -0.39 is 0 Å². The second kappa shape index (κ2) is 11.2. The van der Waals surface area contributed by atoms with E-state index in [1.54, 1.807) is 6.20 Å². The second-order valence-corrected chi connectivity index (χ2v) is 9.11. The van der Waals surface area contributed by atoms with Gasteiger partial charge in [-0.2, -0.15) is 0 Å². The number of hydrogen-bond donors (Lipinski definition) is 2. The molecule has 0 saturated carbocycles. The average molecular weight is 463 g/mol. The number of amides is 2. The molecule has 1 saturated heterocycles. The maximum atomic E-state index is 13.4. The molecule has 34 heavy (non-hydrogen) atoms. The van der Waals surface area contributed by atoms with E-state index in [2.05, 4.69) is 20.5 Å². The van der Waals surface area contributed by atoms with Crippen LogP contribution in [0.2, 0.25) is 0 Å². The van der Waals surface area contributed by atoms with Crippen molar-refractivity contribution in [3.8, 4) is 0 Å². The Morgan fingerprint density at radius 2 is 1.91 bits per heavy atom. The number of aromatic nitrogens is 1. The number of benzene rings is 2. The predicted molar refractivity (Wildman–Crippen MR) is 131 cm³/mol. The van der Waals surface area contributed by atoms with Gasteiger partial charge >= 0.3 is 0 Å². The van der Waals surface area contributed by atoms with Gasteiger partial charge in [-0.25, -0.2) is 4.39 Å². The van der Waals surface area contributed by atoms with Crippen molar-refractivity contribution in [2.24, 2.45) is 5.92 Å². The van der Waals surface area contributed by atoms with Crippen molar-refractivity contribution in [3.05, 3.63) is 77.7 Å². The molecule has 178 valence electrons. The Bertz CT molecular complexity index is 1110. The number of nitrogens with zero attached hydrogens (tertiary/aromatic N) is 2. The number of piperidine rings is 1. The number of hydrogen-bond acceptors (Lipinski definition) is 4. The van der Waals surface area contributed by atoms with Gasteiger partial charge in [0.1, 0.15) is 5.82 Å². The van der Waals surface area contributed by atoms with Crippen molar-refractivity contribution in [3.63, 3.8) is 0 Å². The summed E-state index contributed by atoms with van der Waals surface area (Å²) < 4.78 is 13.4. The van der Waals surface area contributed by atoms with Crippen LogP contribution in [0.3, 0.4) is 0 Å². The molecule has 1 unspecified atom stereocenters. The average Bonchev–Trinajstić information content (AvgIpc) is 2.85. The predicted octanol–water partition coefficient (Wildman–Crippen LogP) is 3.73. The minimum Gasteiger partial charge on any atom is -0.358 e. The Labute approximate surface area is 199 Å². The molecule has 1 aliphatic heterocycles. The summed E-state index contributed by atoms with van der Waals surface area (Å²) in [5.74, 6) is 0.196. The highest BCUT2D eigenvalue weighted by molar-refractivity contribution is 5.97. The third-order valence-corrected chi connectivity index (χ3v) is 6.68. The zero-order chi connectivity index (χ0) is 23.9. The van der Waals surface area contributed by atoms with Crippen molar-refractivity contribution >= 4 is 23.2 Å². The van der Waals surface area contributed by atoms with Gasteiger partial charge in [0, 0.05) is 36.6 Å². The molecule has 2 atom stereocenters. The van der Waals surface area contributed by atoms with Gasteiger partial charge in [-0.1, -0.05) is 30.3 Å². The van der Waals surface area contributed by atoms with E-state index in [4.69, 9.17) is 0 Å². The Morgan fingerprint density at radius 3 is 2.65 bits per heavy atom. The van der Waals surface area contributed by atoms with E-state index >= 15 is 0 Å². The standard InChI is InChI=1S/C27H31FN4O2/c1-19(31-27(34)23-14-22-4-2-3-5-26(22)30-15-23)17-32-12-10-21(11-13-32)25(16-29-18-33)20-6-8-24(28)9-7-20/h2-9,14-15,18-19,21,25H,10-13,16-17H2,1H3,(H,29,33)(H,31,34)/t19-,25?/m0/s1. The lowest BCUT2D eigenvalue weighted by atomic mass is 9.80. The summed E-state index contributed by atoms with van der Waals surface area (Å²) in [5.41, 5.74) is 2.49. The smallest absolute Gasteiger partial charge is 0.253 e. The van der Waals surface area contributed by atoms with Crippen LogP contribution < -0.4 is 10.6 Å². The van der Waals surface area contributed by atoms with Crippen molar-refractivity contribution in [2.45, 2.75) is 31.7 Å². The lowest BCUT2D eigenvalue weighted by Crippen LogP contribution is -2.45. The van der Waals surface area contributed by atoms with Crippen molar-refractivity contribution < 1.29 is 14.0 Å². The topological polar surface area (TPSA) is 74.3 Å². The zero-order valence-corrected chi connectivity index (χ0v) is 19.4. The number of rotatable bonds is 9. The largest absolute Gasteiger partial charge is 0.358 e. The molecule has 2 amide bonds. The molecule has 0 bridgehead atoms. The van der Waals surface area contributed by atoms with E-state index in [0.717, 1.165) is 55.4 Å². The van der Waals surface area contributed by atoms with Crippen molar-refractivity contribution in [1.29, 1.82) is 0 Å². The van der Waals surface area contributed by atoms with Crippen LogP contribution in [-0.2, 0) is 4.79 Å². The maximum Gasteiger partial charge on any atom is 0.253 e. The van der Waals surface area contributed by atoms with Gasteiger partial charge in [-0.3, -0.25) is 14.6 Å². The number of pyridine rings is 1. The summed E-state index contributed by atoms with van der Waals surface area (Å²) in [5, 5.41) is 6.85. The first-order chi connectivity index (χ1) is 16.5. The number of nitrogens with one attached hydrogen (secondary N) is 2. The number of halogens is 1. The highest BCUT2D eigenvalue weighted by Crippen LogP contribution is 2.32. The van der Waals surface area contributed by atoms with E-state index in [1.807, 2.05) is 49.4 Å². The number of fused-ring (bicyclic) bond motifs is 1. The fourth-order valence-corrected chi connectivity index (χ4v) is 4.91. The van der Waals surface area contributed by atoms with Crippen molar-refractivity contribution in [1.82, 2.24) is 20.5 Å². The van der Waals surface area contributed by atoms with Gasteiger partial charge in [-0.05, 0) is 68.6 Å². The Balaban J connectivity index is 1.30. The van der Waals surface area contributed by atoms with E-state index in [9.17, 15) is 14.0 Å². The normalized spacial score (nSPS) is 16.6. The number of likely N-dealkylation sites (tertiary alicyclic amines) is 1. The van der Waals surface area contributed by atoms with Gasteiger partial charge in [0.15, 0.2) is 0 Å². The number of carbonyl (C=O) groups is 2. The van der Waals surface area contributed by atoms with Crippen LogP contribution in [0.25, 0.3) is 10.9 Å². The molecule has 2 heterocycles. The second-order valence-electron chi connectivity index (χ2n) is 9.11. The number of carbonyl (C=O) groups excluding carboxylic acids is 2. The molecule has 1 aromatic heterocycles. The molecule has 0 spiro atoms. The maximum absolute atomic E-state index is 13.4.